The summed E-state index contributed by atoms with van der Waals surface area (Å²) in [5, 5.41) is 4.80. The Morgan fingerprint density at radius 3 is 2.55 bits per heavy atom. The Hall–Kier alpha value is -0.580. The van der Waals surface area contributed by atoms with Gasteiger partial charge in [-0.3, -0.25) is 4.90 Å². The van der Waals surface area contributed by atoms with E-state index in [1.807, 2.05) is 12.1 Å². The van der Waals surface area contributed by atoms with Crippen LogP contribution in [0.25, 0.3) is 0 Å². The molecule has 1 atom stereocenters. The Morgan fingerprint density at radius 1 is 1.25 bits per heavy atom. The van der Waals surface area contributed by atoms with Gasteiger partial charge in [-0.05, 0) is 59.6 Å². The molecule has 3 nitrogen and oxygen atoms in total. The molecule has 1 saturated heterocycles. The topological polar surface area (TPSA) is 24.8 Å². The van der Waals surface area contributed by atoms with Crippen LogP contribution in [-0.2, 0) is 11.4 Å². The van der Waals surface area contributed by atoms with Crippen molar-refractivity contribution in [3.05, 3.63) is 34.9 Å². The van der Waals surface area contributed by atoms with Gasteiger partial charge < -0.3 is 4.84 Å². The highest BCUT2D eigenvalue weighted by molar-refractivity contribution is 9.18. The number of nitrogens with zero attached hydrogens (tertiary/aromatic N) is 2. The van der Waals surface area contributed by atoms with Gasteiger partial charge in [-0.2, -0.15) is 0 Å². The predicted octanol–water partition coefficient (Wildman–Crippen LogP) is 4.05. The molecule has 5 heteroatoms. The number of benzene rings is 1. The van der Waals surface area contributed by atoms with Crippen LogP contribution in [0, 0.1) is 5.92 Å². The smallest absolute Gasteiger partial charge is 0.136 e. The molecule has 2 aliphatic heterocycles. The van der Waals surface area contributed by atoms with E-state index in [1.54, 1.807) is 0 Å². The maximum absolute atomic E-state index is 5.92. The molecule has 2 heterocycles. The van der Waals surface area contributed by atoms with E-state index in [4.69, 9.17) is 16.4 Å². The lowest BCUT2D eigenvalue weighted by Gasteiger charge is -2.33. The van der Waals surface area contributed by atoms with Gasteiger partial charge >= 0.3 is 0 Å². The van der Waals surface area contributed by atoms with Gasteiger partial charge in [0.1, 0.15) is 10.7 Å². The second-order valence-corrected chi connectivity index (χ2v) is 6.91. The van der Waals surface area contributed by atoms with Crippen molar-refractivity contribution in [1.82, 2.24) is 4.90 Å². The average molecular weight is 358 g/mol. The molecule has 3 rings (SSSR count). The molecule has 1 aromatic carbocycles. The maximum atomic E-state index is 5.92. The van der Waals surface area contributed by atoms with Gasteiger partial charge in [-0.15, -0.1) is 0 Å². The molecule has 0 N–H and O–H groups in total. The molecular weight excluding hydrogens is 340 g/mol. The molecule has 0 aromatic heterocycles. The molecule has 0 radical (unpaired) electrons. The molecular formula is C15H18BrClN2O. The number of oxime groups is 1. The standard InChI is InChI=1S/C15H18BrClN2O/c16-15-9-14(20-18-15)12-5-7-19(8-6-12)10-11-1-3-13(17)4-2-11/h1-4,12,14H,5-10H2/t14-/m0/s1. The van der Waals surface area contributed by atoms with E-state index in [0.29, 0.717) is 5.92 Å². The molecule has 1 aromatic rings. The SMILES string of the molecule is Clc1ccc(CN2CCC([C@@H]3CC(Br)=NO3)CC2)cc1. The Balaban J connectivity index is 1.48. The van der Waals surface area contributed by atoms with Crippen LogP contribution in [0.2, 0.25) is 5.02 Å². The van der Waals surface area contributed by atoms with E-state index in [-0.39, 0.29) is 6.10 Å². The Kier molecular flexibility index (Phi) is 4.64. The van der Waals surface area contributed by atoms with E-state index in [1.165, 1.54) is 18.4 Å². The van der Waals surface area contributed by atoms with E-state index in [2.05, 4.69) is 38.1 Å². The zero-order valence-electron chi connectivity index (χ0n) is 11.3. The van der Waals surface area contributed by atoms with Crippen LogP contribution in [-0.4, -0.2) is 28.7 Å². The minimum atomic E-state index is 0.280. The van der Waals surface area contributed by atoms with Gasteiger partial charge in [0.15, 0.2) is 0 Å². The molecule has 0 spiro atoms. The summed E-state index contributed by atoms with van der Waals surface area (Å²) in [5.41, 5.74) is 1.33. The van der Waals surface area contributed by atoms with Gasteiger partial charge in [-0.25, -0.2) is 0 Å². The Morgan fingerprint density at radius 2 is 1.95 bits per heavy atom. The second kappa shape index (κ2) is 6.46. The molecule has 0 aliphatic carbocycles. The lowest BCUT2D eigenvalue weighted by molar-refractivity contribution is 0.0127. The third-order valence-corrected chi connectivity index (χ3v) is 4.85. The van der Waals surface area contributed by atoms with Gasteiger partial charge in [0.25, 0.3) is 0 Å². The third-order valence-electron chi connectivity index (χ3n) is 4.13. The fraction of sp³-hybridized carbons (Fsp3) is 0.533. The molecule has 2 aliphatic rings. The fourth-order valence-electron chi connectivity index (χ4n) is 2.95. The summed E-state index contributed by atoms with van der Waals surface area (Å²) in [5.74, 6) is 0.635. The normalized spacial score (nSPS) is 24.5. The van der Waals surface area contributed by atoms with Crippen molar-refractivity contribution < 1.29 is 4.84 Å². The van der Waals surface area contributed by atoms with Crippen LogP contribution in [0.3, 0.4) is 0 Å². The maximum Gasteiger partial charge on any atom is 0.136 e. The van der Waals surface area contributed by atoms with Crippen LogP contribution in [0.15, 0.2) is 29.4 Å². The summed E-state index contributed by atoms with van der Waals surface area (Å²) < 4.78 is 0.950. The molecule has 0 unspecified atom stereocenters. The molecule has 0 saturated carbocycles. The van der Waals surface area contributed by atoms with Crippen LogP contribution in [0.5, 0.6) is 0 Å². The van der Waals surface area contributed by atoms with Crippen molar-refractivity contribution in [1.29, 1.82) is 0 Å². The Labute approximate surface area is 133 Å². The molecule has 1 fully saturated rings. The zero-order chi connectivity index (χ0) is 13.9. The largest absolute Gasteiger partial charge is 0.391 e. The third kappa shape index (κ3) is 3.54. The van der Waals surface area contributed by atoms with Crippen molar-refractivity contribution in [2.45, 2.75) is 31.9 Å². The summed E-state index contributed by atoms with van der Waals surface area (Å²) in [4.78, 5) is 7.98. The minimum absolute atomic E-state index is 0.280. The summed E-state index contributed by atoms with van der Waals surface area (Å²) >= 11 is 9.33. The highest BCUT2D eigenvalue weighted by Crippen LogP contribution is 2.29. The van der Waals surface area contributed by atoms with Crippen molar-refractivity contribution in [2.75, 3.05) is 13.1 Å². The van der Waals surface area contributed by atoms with Gasteiger partial charge in [-0.1, -0.05) is 28.9 Å². The molecule has 20 heavy (non-hydrogen) atoms. The zero-order valence-corrected chi connectivity index (χ0v) is 13.6. The number of rotatable bonds is 3. The monoisotopic (exact) mass is 356 g/mol. The molecule has 108 valence electrons. The van der Waals surface area contributed by atoms with E-state index in [9.17, 15) is 0 Å². The summed E-state index contributed by atoms with van der Waals surface area (Å²) in [6.07, 6.45) is 3.59. The predicted molar refractivity (Wildman–Crippen MR) is 85.3 cm³/mol. The summed E-state index contributed by atoms with van der Waals surface area (Å²) in [7, 11) is 0. The van der Waals surface area contributed by atoms with Crippen LogP contribution >= 0.6 is 27.5 Å². The minimum Gasteiger partial charge on any atom is -0.391 e. The summed E-state index contributed by atoms with van der Waals surface area (Å²) in [6.45, 7) is 3.27. The van der Waals surface area contributed by atoms with Crippen molar-refractivity contribution in [3.8, 4) is 0 Å². The average Bonchev–Trinajstić information content (AvgIpc) is 2.89. The van der Waals surface area contributed by atoms with Gasteiger partial charge in [0.2, 0.25) is 0 Å². The number of likely N-dealkylation sites (tertiary alicyclic amines) is 1. The number of halogens is 2. The van der Waals surface area contributed by atoms with Crippen LogP contribution in [0.1, 0.15) is 24.8 Å². The first-order chi connectivity index (χ1) is 9.70. The first kappa shape index (κ1) is 14.4. The van der Waals surface area contributed by atoms with Crippen molar-refractivity contribution in [3.63, 3.8) is 0 Å². The second-order valence-electron chi connectivity index (χ2n) is 5.56. The van der Waals surface area contributed by atoms with E-state index < -0.39 is 0 Å². The number of hydrogen-bond donors (Lipinski definition) is 0. The summed E-state index contributed by atoms with van der Waals surface area (Å²) in [6, 6.07) is 8.15. The first-order valence-electron chi connectivity index (χ1n) is 7.06. The highest BCUT2D eigenvalue weighted by atomic mass is 79.9. The van der Waals surface area contributed by atoms with Crippen molar-refractivity contribution in [2.24, 2.45) is 11.1 Å². The van der Waals surface area contributed by atoms with Crippen molar-refractivity contribution >= 4 is 32.2 Å². The van der Waals surface area contributed by atoms with Crippen LogP contribution < -0.4 is 0 Å². The molecule has 0 amide bonds. The quantitative estimate of drug-likeness (QED) is 0.815. The van der Waals surface area contributed by atoms with E-state index in [0.717, 1.165) is 35.7 Å². The Bertz CT molecular complexity index is 483. The van der Waals surface area contributed by atoms with E-state index >= 15 is 0 Å². The van der Waals surface area contributed by atoms with Gasteiger partial charge in [0.05, 0.1) is 0 Å². The number of piperidine rings is 1. The fourth-order valence-corrected chi connectivity index (χ4v) is 3.48. The number of hydrogen-bond acceptors (Lipinski definition) is 3. The highest BCUT2D eigenvalue weighted by Gasteiger charge is 2.31. The lowest BCUT2D eigenvalue weighted by atomic mass is 9.90. The van der Waals surface area contributed by atoms with Crippen LogP contribution in [0.4, 0.5) is 0 Å². The van der Waals surface area contributed by atoms with Gasteiger partial charge in [0, 0.05) is 23.9 Å². The molecule has 0 bridgehead atoms. The lowest BCUT2D eigenvalue weighted by Crippen LogP contribution is -2.37. The first-order valence-corrected chi connectivity index (χ1v) is 8.23.